The van der Waals surface area contributed by atoms with Gasteiger partial charge in [0, 0.05) is 25.2 Å². The summed E-state index contributed by atoms with van der Waals surface area (Å²) in [6.45, 7) is 3.81. The molecule has 0 aliphatic carbocycles. The predicted molar refractivity (Wildman–Crippen MR) is 71.5 cm³/mol. The van der Waals surface area contributed by atoms with Crippen molar-refractivity contribution >= 4 is 11.5 Å². The number of hydrogen-bond donors (Lipinski definition) is 2. The Hall–Kier alpha value is -1.78. The average Bonchev–Trinajstić information content (AvgIpc) is 2.40. The number of nitrogens with two attached hydrogens (primary N) is 1. The first-order chi connectivity index (χ1) is 8.67. The molecule has 0 aliphatic heterocycles. The number of halogens is 1. The van der Waals surface area contributed by atoms with Crippen LogP contribution in [0.2, 0.25) is 0 Å². The second kappa shape index (κ2) is 7.53. The molecule has 0 unspecified atom stereocenters. The smallest absolute Gasteiger partial charge is 0.139 e. The summed E-state index contributed by atoms with van der Waals surface area (Å²) in [5.41, 5.74) is 6.41. The van der Waals surface area contributed by atoms with E-state index in [-0.39, 0.29) is 11.7 Å². The maximum Gasteiger partial charge on any atom is 0.139 e. The minimum Gasteiger partial charge on any atom is -0.409 e. The summed E-state index contributed by atoms with van der Waals surface area (Å²) in [5, 5.41) is 11.3. The van der Waals surface area contributed by atoms with Crippen molar-refractivity contribution in [2.75, 3.05) is 18.0 Å². The second-order valence-electron chi connectivity index (χ2n) is 4.10. The first-order valence-electron chi connectivity index (χ1n) is 6.14. The van der Waals surface area contributed by atoms with E-state index in [1.54, 1.807) is 12.1 Å². The Labute approximate surface area is 107 Å². The Kier molecular flexibility index (Phi) is 5.97. The second-order valence-corrected chi connectivity index (χ2v) is 4.10. The zero-order valence-corrected chi connectivity index (χ0v) is 10.6. The van der Waals surface area contributed by atoms with Gasteiger partial charge in [0.25, 0.3) is 0 Å². The molecule has 0 saturated heterocycles. The first-order valence-corrected chi connectivity index (χ1v) is 6.14. The largest absolute Gasteiger partial charge is 0.409 e. The summed E-state index contributed by atoms with van der Waals surface area (Å²) in [7, 11) is 0. The van der Waals surface area contributed by atoms with Gasteiger partial charge in [-0.25, -0.2) is 4.39 Å². The van der Waals surface area contributed by atoms with Crippen molar-refractivity contribution in [2.24, 2.45) is 10.9 Å². The van der Waals surface area contributed by atoms with Crippen molar-refractivity contribution in [1.29, 1.82) is 0 Å². The molecule has 5 heteroatoms. The van der Waals surface area contributed by atoms with E-state index in [1.807, 2.05) is 0 Å². The molecule has 0 aromatic heterocycles. The van der Waals surface area contributed by atoms with Gasteiger partial charge in [-0.3, -0.25) is 0 Å². The molecule has 0 atom stereocenters. The molecule has 0 bridgehead atoms. The van der Waals surface area contributed by atoms with Crippen LogP contribution >= 0.6 is 0 Å². The van der Waals surface area contributed by atoms with Gasteiger partial charge in [-0.2, -0.15) is 0 Å². The van der Waals surface area contributed by atoms with Crippen molar-refractivity contribution in [2.45, 2.75) is 26.2 Å². The molecule has 0 amide bonds. The molecule has 4 nitrogen and oxygen atoms in total. The normalized spacial score (nSPS) is 11.6. The molecular weight excluding hydrogens is 233 g/mol. The van der Waals surface area contributed by atoms with Gasteiger partial charge in [0.1, 0.15) is 11.7 Å². The Morgan fingerprint density at radius 1 is 1.33 bits per heavy atom. The van der Waals surface area contributed by atoms with Crippen LogP contribution in [-0.4, -0.2) is 24.1 Å². The van der Waals surface area contributed by atoms with Gasteiger partial charge in [0.15, 0.2) is 0 Å². The highest BCUT2D eigenvalue weighted by molar-refractivity contribution is 5.79. The van der Waals surface area contributed by atoms with Crippen molar-refractivity contribution in [3.63, 3.8) is 0 Å². The van der Waals surface area contributed by atoms with Crippen molar-refractivity contribution < 1.29 is 9.60 Å². The van der Waals surface area contributed by atoms with Crippen molar-refractivity contribution in [3.05, 3.63) is 30.1 Å². The zero-order chi connectivity index (χ0) is 13.4. The van der Waals surface area contributed by atoms with Crippen LogP contribution in [-0.2, 0) is 0 Å². The van der Waals surface area contributed by atoms with Gasteiger partial charge in [-0.05, 0) is 44.0 Å². The van der Waals surface area contributed by atoms with Crippen LogP contribution in [0.3, 0.4) is 0 Å². The Balaban J connectivity index is 2.40. The lowest BCUT2D eigenvalue weighted by molar-refractivity contribution is 0.316. The molecule has 1 aromatic rings. The van der Waals surface area contributed by atoms with E-state index in [4.69, 9.17) is 10.9 Å². The number of hydrogen-bond acceptors (Lipinski definition) is 3. The minimum atomic E-state index is -0.221. The fraction of sp³-hybridized carbons (Fsp3) is 0.462. The summed E-state index contributed by atoms with van der Waals surface area (Å²) in [5.74, 6) is 0.0431. The highest BCUT2D eigenvalue weighted by atomic mass is 19.1. The fourth-order valence-corrected chi connectivity index (χ4v) is 1.78. The van der Waals surface area contributed by atoms with Crippen LogP contribution in [0.25, 0.3) is 0 Å². The monoisotopic (exact) mass is 253 g/mol. The van der Waals surface area contributed by atoms with E-state index in [9.17, 15) is 4.39 Å². The van der Waals surface area contributed by atoms with Gasteiger partial charge in [0.2, 0.25) is 0 Å². The molecule has 100 valence electrons. The first kappa shape index (κ1) is 14.3. The van der Waals surface area contributed by atoms with Crippen LogP contribution in [0.5, 0.6) is 0 Å². The number of unbranched alkanes of at least 4 members (excludes halogenated alkanes) is 1. The van der Waals surface area contributed by atoms with Crippen LogP contribution in [0.4, 0.5) is 10.1 Å². The third-order valence-corrected chi connectivity index (χ3v) is 2.81. The van der Waals surface area contributed by atoms with E-state index in [2.05, 4.69) is 17.0 Å². The van der Waals surface area contributed by atoms with Gasteiger partial charge >= 0.3 is 0 Å². The number of rotatable bonds is 7. The van der Waals surface area contributed by atoms with Gasteiger partial charge in [-0.15, -0.1) is 0 Å². The third-order valence-electron chi connectivity index (χ3n) is 2.81. The molecule has 0 spiro atoms. The van der Waals surface area contributed by atoms with Crippen molar-refractivity contribution in [1.82, 2.24) is 0 Å². The average molecular weight is 253 g/mol. The minimum absolute atomic E-state index is 0.221. The van der Waals surface area contributed by atoms with Gasteiger partial charge in [0.05, 0.1) is 0 Å². The summed E-state index contributed by atoms with van der Waals surface area (Å²) in [4.78, 5) is 2.17. The molecule has 0 saturated carbocycles. The number of nitrogens with zero attached hydrogens (tertiary/aromatic N) is 2. The summed E-state index contributed by atoms with van der Waals surface area (Å²) >= 11 is 0. The van der Waals surface area contributed by atoms with Gasteiger partial charge < -0.3 is 15.8 Å². The maximum atomic E-state index is 12.8. The van der Waals surface area contributed by atoms with E-state index in [0.717, 1.165) is 31.6 Å². The number of benzene rings is 1. The zero-order valence-electron chi connectivity index (χ0n) is 10.6. The number of anilines is 1. The van der Waals surface area contributed by atoms with Crippen LogP contribution in [0.1, 0.15) is 26.2 Å². The van der Waals surface area contributed by atoms with Crippen molar-refractivity contribution in [3.8, 4) is 0 Å². The topological polar surface area (TPSA) is 61.8 Å². The van der Waals surface area contributed by atoms with Crippen LogP contribution in [0, 0.1) is 5.82 Å². The lowest BCUT2D eigenvalue weighted by Gasteiger charge is -2.23. The fourth-order valence-electron chi connectivity index (χ4n) is 1.78. The molecule has 18 heavy (non-hydrogen) atoms. The molecule has 3 N–H and O–H groups in total. The highest BCUT2D eigenvalue weighted by Crippen LogP contribution is 2.15. The van der Waals surface area contributed by atoms with E-state index in [1.165, 1.54) is 12.1 Å². The lowest BCUT2D eigenvalue weighted by atomic mass is 10.2. The summed E-state index contributed by atoms with van der Waals surface area (Å²) in [6.07, 6.45) is 2.41. The highest BCUT2D eigenvalue weighted by Gasteiger charge is 2.04. The Morgan fingerprint density at radius 2 is 2.00 bits per heavy atom. The van der Waals surface area contributed by atoms with Crippen LogP contribution < -0.4 is 10.6 Å². The van der Waals surface area contributed by atoms with Gasteiger partial charge in [-0.1, -0.05) is 5.16 Å². The lowest BCUT2D eigenvalue weighted by Crippen LogP contribution is -2.24. The Bertz CT molecular complexity index is 378. The summed E-state index contributed by atoms with van der Waals surface area (Å²) < 4.78 is 12.8. The molecule has 1 rings (SSSR count). The Morgan fingerprint density at radius 3 is 2.56 bits per heavy atom. The number of amidine groups is 1. The third kappa shape index (κ3) is 4.61. The quantitative estimate of drug-likeness (QED) is 0.258. The molecule has 0 radical (unpaired) electrons. The standard InChI is InChI=1S/C13H20FN3O/c1-2-17(10-4-3-5-13(15)16-18)12-8-6-11(14)7-9-12/h6-9,18H,2-5,10H2,1H3,(H2,15,16). The molecule has 0 aliphatic rings. The maximum absolute atomic E-state index is 12.8. The predicted octanol–water partition coefficient (Wildman–Crippen LogP) is 2.57. The SMILES string of the molecule is CCN(CCCCC(N)=NO)c1ccc(F)cc1. The van der Waals surface area contributed by atoms with E-state index >= 15 is 0 Å². The van der Waals surface area contributed by atoms with E-state index in [0.29, 0.717) is 6.42 Å². The van der Waals surface area contributed by atoms with Crippen LogP contribution in [0.15, 0.2) is 29.4 Å². The summed E-state index contributed by atoms with van der Waals surface area (Å²) in [6, 6.07) is 6.49. The molecular formula is C13H20FN3O. The molecule has 0 fully saturated rings. The van der Waals surface area contributed by atoms with E-state index < -0.39 is 0 Å². The molecule has 0 heterocycles. The molecule has 1 aromatic carbocycles. The number of oxime groups is 1.